The van der Waals surface area contributed by atoms with E-state index in [-0.39, 0.29) is 5.52 Å². The highest BCUT2D eigenvalue weighted by Gasteiger charge is 2.26. The van der Waals surface area contributed by atoms with Crippen LogP contribution in [0.25, 0.3) is 22.4 Å². The van der Waals surface area contributed by atoms with Crippen LogP contribution in [0.4, 0.5) is 8.78 Å². The Kier molecular flexibility index (Phi) is 4.94. The third-order valence-electron chi connectivity index (χ3n) is 6.14. The Morgan fingerprint density at radius 3 is 2.62 bits per heavy atom. The maximum Gasteiger partial charge on any atom is 0.224 e. The Balaban J connectivity index is 1.60. The minimum atomic E-state index is -0.893. The molecule has 0 aliphatic heterocycles. The van der Waals surface area contributed by atoms with Crippen LogP contribution in [0.5, 0.6) is 5.88 Å². The van der Waals surface area contributed by atoms with Crippen molar-refractivity contribution in [3.05, 3.63) is 42.1 Å². The van der Waals surface area contributed by atoms with Crippen molar-refractivity contribution >= 4 is 11.0 Å². The standard InChI is InChI=1S/C23H25F2N3O/c24-18-10-11-19-21(20(18)25)27-22(28(19)13-15-5-2-1-3-6-15)17-7-4-12-26-23(17)29-14-16-8-9-16/h4,7,10-12,15-16H,1-3,5-6,8-9,13-14H2. The molecule has 0 bridgehead atoms. The second-order valence-corrected chi connectivity index (χ2v) is 8.39. The molecule has 5 rings (SSSR count). The van der Waals surface area contributed by atoms with Gasteiger partial charge in [0, 0.05) is 12.7 Å². The molecule has 3 aromatic rings. The van der Waals surface area contributed by atoms with Crippen molar-refractivity contribution in [2.45, 2.75) is 51.5 Å². The molecule has 0 radical (unpaired) electrons. The Hall–Kier alpha value is -2.50. The number of nitrogens with zero attached hydrogens (tertiary/aromatic N) is 3. The maximum absolute atomic E-state index is 14.6. The summed E-state index contributed by atoms with van der Waals surface area (Å²) in [5.74, 6) is 0.464. The molecule has 2 aromatic heterocycles. The number of hydrogen-bond donors (Lipinski definition) is 0. The van der Waals surface area contributed by atoms with E-state index in [4.69, 9.17) is 4.74 Å². The van der Waals surface area contributed by atoms with Crippen molar-refractivity contribution in [3.8, 4) is 17.3 Å². The summed E-state index contributed by atoms with van der Waals surface area (Å²) in [4.78, 5) is 8.95. The van der Waals surface area contributed by atoms with Gasteiger partial charge in [-0.1, -0.05) is 19.3 Å². The molecule has 6 heteroatoms. The van der Waals surface area contributed by atoms with Gasteiger partial charge in [0.25, 0.3) is 0 Å². The van der Waals surface area contributed by atoms with Gasteiger partial charge in [-0.2, -0.15) is 0 Å². The van der Waals surface area contributed by atoms with E-state index in [1.54, 1.807) is 12.3 Å². The normalized spacial score (nSPS) is 17.7. The number of benzene rings is 1. The molecule has 0 unspecified atom stereocenters. The van der Waals surface area contributed by atoms with E-state index in [1.165, 1.54) is 38.2 Å². The average molecular weight is 397 g/mol. The van der Waals surface area contributed by atoms with Crippen LogP contribution < -0.4 is 4.74 Å². The van der Waals surface area contributed by atoms with E-state index in [9.17, 15) is 8.78 Å². The van der Waals surface area contributed by atoms with Crippen LogP contribution >= 0.6 is 0 Å². The van der Waals surface area contributed by atoms with E-state index in [2.05, 4.69) is 9.97 Å². The van der Waals surface area contributed by atoms with Crippen LogP contribution in [0.2, 0.25) is 0 Å². The highest BCUT2D eigenvalue weighted by atomic mass is 19.2. The Labute approximate surface area is 168 Å². The second kappa shape index (κ2) is 7.73. The monoisotopic (exact) mass is 397 g/mol. The molecular formula is C23H25F2N3O. The van der Waals surface area contributed by atoms with Gasteiger partial charge in [0.15, 0.2) is 11.6 Å². The number of hydrogen-bond acceptors (Lipinski definition) is 3. The van der Waals surface area contributed by atoms with Crippen molar-refractivity contribution in [3.63, 3.8) is 0 Å². The van der Waals surface area contributed by atoms with E-state index in [1.807, 2.05) is 16.7 Å². The van der Waals surface area contributed by atoms with Gasteiger partial charge in [-0.3, -0.25) is 0 Å². The molecule has 0 amide bonds. The van der Waals surface area contributed by atoms with E-state index in [0.717, 1.165) is 24.9 Å². The lowest BCUT2D eigenvalue weighted by molar-refractivity contribution is 0.289. The Morgan fingerprint density at radius 1 is 1.00 bits per heavy atom. The third-order valence-corrected chi connectivity index (χ3v) is 6.14. The Bertz CT molecular complexity index is 1020. The zero-order valence-corrected chi connectivity index (χ0v) is 16.4. The molecule has 0 spiro atoms. The van der Waals surface area contributed by atoms with Gasteiger partial charge >= 0.3 is 0 Å². The van der Waals surface area contributed by atoms with E-state index in [0.29, 0.717) is 35.7 Å². The van der Waals surface area contributed by atoms with Gasteiger partial charge in [0.1, 0.15) is 11.3 Å². The van der Waals surface area contributed by atoms with Gasteiger partial charge in [-0.05, 0) is 61.8 Å². The number of imidazole rings is 1. The smallest absolute Gasteiger partial charge is 0.224 e. The molecule has 0 N–H and O–H groups in total. The molecule has 2 aliphatic rings. The number of aromatic nitrogens is 3. The minimum absolute atomic E-state index is 0.0767. The Morgan fingerprint density at radius 2 is 1.83 bits per heavy atom. The molecule has 2 fully saturated rings. The highest BCUT2D eigenvalue weighted by Crippen LogP contribution is 2.36. The van der Waals surface area contributed by atoms with Gasteiger partial charge in [-0.15, -0.1) is 0 Å². The predicted molar refractivity (Wildman–Crippen MR) is 108 cm³/mol. The zero-order chi connectivity index (χ0) is 19.8. The molecular weight excluding hydrogens is 372 g/mol. The van der Waals surface area contributed by atoms with E-state index >= 15 is 0 Å². The van der Waals surface area contributed by atoms with E-state index < -0.39 is 11.6 Å². The van der Waals surface area contributed by atoms with Crippen molar-refractivity contribution in [1.82, 2.24) is 14.5 Å². The fourth-order valence-corrected chi connectivity index (χ4v) is 4.31. The second-order valence-electron chi connectivity index (χ2n) is 8.39. The first-order chi connectivity index (χ1) is 14.2. The number of halogens is 2. The first-order valence-corrected chi connectivity index (χ1v) is 10.6. The van der Waals surface area contributed by atoms with Crippen molar-refractivity contribution in [2.75, 3.05) is 6.61 Å². The largest absolute Gasteiger partial charge is 0.477 e. The first kappa shape index (κ1) is 18.5. The SMILES string of the molecule is Fc1ccc2c(nc(-c3cccnc3OCC3CC3)n2CC2CCCCC2)c1F. The lowest BCUT2D eigenvalue weighted by atomic mass is 9.89. The van der Waals surface area contributed by atoms with Crippen molar-refractivity contribution < 1.29 is 13.5 Å². The zero-order valence-electron chi connectivity index (χ0n) is 16.4. The summed E-state index contributed by atoms with van der Waals surface area (Å²) in [6.07, 6.45) is 10.1. The minimum Gasteiger partial charge on any atom is -0.477 e. The average Bonchev–Trinajstić information content (AvgIpc) is 3.51. The molecule has 2 saturated carbocycles. The third kappa shape index (κ3) is 3.72. The first-order valence-electron chi connectivity index (χ1n) is 10.6. The molecule has 4 nitrogen and oxygen atoms in total. The number of ether oxygens (including phenoxy) is 1. The van der Waals surface area contributed by atoms with Crippen LogP contribution in [-0.4, -0.2) is 21.1 Å². The summed E-state index contributed by atoms with van der Waals surface area (Å²) in [7, 11) is 0. The molecule has 1 aromatic carbocycles. The van der Waals surface area contributed by atoms with Crippen LogP contribution in [0, 0.1) is 23.5 Å². The molecule has 0 atom stereocenters. The quantitative estimate of drug-likeness (QED) is 0.532. The number of pyridine rings is 1. The topological polar surface area (TPSA) is 39.9 Å². The highest BCUT2D eigenvalue weighted by molar-refractivity contribution is 5.82. The van der Waals surface area contributed by atoms with Gasteiger partial charge < -0.3 is 9.30 Å². The molecule has 152 valence electrons. The number of fused-ring (bicyclic) bond motifs is 1. The summed E-state index contributed by atoms with van der Waals surface area (Å²) < 4.78 is 36.5. The van der Waals surface area contributed by atoms with Crippen molar-refractivity contribution in [2.24, 2.45) is 11.8 Å². The summed E-state index contributed by atoms with van der Waals surface area (Å²) in [5.41, 5.74) is 1.44. The number of rotatable bonds is 6. The van der Waals surface area contributed by atoms with Gasteiger partial charge in [0.2, 0.25) is 5.88 Å². The van der Waals surface area contributed by atoms with Crippen LogP contribution in [0.1, 0.15) is 44.9 Å². The lowest BCUT2D eigenvalue weighted by Crippen LogP contribution is -2.15. The maximum atomic E-state index is 14.6. The molecule has 2 heterocycles. The predicted octanol–water partition coefficient (Wildman–Crippen LogP) is 5.75. The van der Waals surface area contributed by atoms with Gasteiger partial charge in [0.05, 0.1) is 17.7 Å². The molecule has 2 aliphatic carbocycles. The van der Waals surface area contributed by atoms with Crippen LogP contribution in [-0.2, 0) is 6.54 Å². The molecule has 29 heavy (non-hydrogen) atoms. The fourth-order valence-electron chi connectivity index (χ4n) is 4.31. The lowest BCUT2D eigenvalue weighted by Gasteiger charge is -2.23. The van der Waals surface area contributed by atoms with Crippen molar-refractivity contribution in [1.29, 1.82) is 0 Å². The summed E-state index contributed by atoms with van der Waals surface area (Å²) in [6.45, 7) is 1.38. The summed E-state index contributed by atoms with van der Waals surface area (Å²) >= 11 is 0. The summed E-state index contributed by atoms with van der Waals surface area (Å²) in [5, 5.41) is 0. The molecule has 0 saturated heterocycles. The van der Waals surface area contributed by atoms with Crippen LogP contribution in [0.3, 0.4) is 0 Å². The van der Waals surface area contributed by atoms with Gasteiger partial charge in [-0.25, -0.2) is 18.7 Å². The fraction of sp³-hybridized carbons (Fsp3) is 0.478. The van der Waals surface area contributed by atoms with Crippen LogP contribution in [0.15, 0.2) is 30.5 Å². The summed E-state index contributed by atoms with van der Waals surface area (Å²) in [6, 6.07) is 6.56.